The van der Waals surface area contributed by atoms with Gasteiger partial charge in [-0.15, -0.1) is 0 Å². The van der Waals surface area contributed by atoms with Crippen LogP contribution >= 0.6 is 0 Å². The van der Waals surface area contributed by atoms with Gasteiger partial charge >= 0.3 is 5.97 Å². The lowest BCUT2D eigenvalue weighted by molar-refractivity contribution is -0.0440. The molecule has 1 saturated heterocycles. The maximum absolute atomic E-state index is 13.0. The van der Waals surface area contributed by atoms with Crippen LogP contribution in [0.4, 0.5) is 0 Å². The van der Waals surface area contributed by atoms with Crippen molar-refractivity contribution in [1.82, 2.24) is 4.31 Å². The third kappa shape index (κ3) is 5.09. The first-order valence-corrected chi connectivity index (χ1v) is 11.2. The molecule has 0 amide bonds. The molecule has 0 N–H and O–H groups in total. The second kappa shape index (κ2) is 8.71. The van der Waals surface area contributed by atoms with Crippen LogP contribution in [0.3, 0.4) is 0 Å². The molecule has 1 aliphatic heterocycles. The summed E-state index contributed by atoms with van der Waals surface area (Å²) in [7, 11) is -3.67. The van der Waals surface area contributed by atoms with Crippen LogP contribution in [-0.2, 0) is 19.5 Å². The van der Waals surface area contributed by atoms with E-state index in [1.807, 2.05) is 13.8 Å². The molecule has 1 aromatic carbocycles. The van der Waals surface area contributed by atoms with Crippen LogP contribution in [0.5, 0.6) is 0 Å². The fourth-order valence-electron chi connectivity index (χ4n) is 3.89. The van der Waals surface area contributed by atoms with Gasteiger partial charge in [0.15, 0.2) is 0 Å². The summed E-state index contributed by atoms with van der Waals surface area (Å²) < 4.78 is 38.4. The molecule has 0 spiro atoms. The van der Waals surface area contributed by atoms with E-state index < -0.39 is 16.0 Å². The molecule has 2 aliphatic rings. The highest BCUT2D eigenvalue weighted by atomic mass is 32.2. The Hall–Kier alpha value is -1.44. The minimum atomic E-state index is -3.67. The normalized spacial score (nSPS) is 25.3. The van der Waals surface area contributed by atoms with Gasteiger partial charge in [-0.1, -0.05) is 25.3 Å². The Kier molecular flexibility index (Phi) is 6.55. The Balaban J connectivity index is 1.69. The van der Waals surface area contributed by atoms with E-state index in [1.165, 1.54) is 35.7 Å². The number of esters is 1. The van der Waals surface area contributed by atoms with Crippen molar-refractivity contribution >= 4 is 16.0 Å². The molecule has 1 aliphatic carbocycles. The van der Waals surface area contributed by atoms with Crippen molar-refractivity contribution in [3.63, 3.8) is 0 Å². The van der Waals surface area contributed by atoms with Crippen LogP contribution < -0.4 is 0 Å². The van der Waals surface area contributed by atoms with E-state index >= 15 is 0 Å². The summed E-state index contributed by atoms with van der Waals surface area (Å²) in [5.41, 5.74) is 0.279. The average Bonchev–Trinajstić information content (AvgIpc) is 2.66. The van der Waals surface area contributed by atoms with Gasteiger partial charge in [-0.25, -0.2) is 13.2 Å². The second-order valence-corrected chi connectivity index (χ2v) is 9.65. The van der Waals surface area contributed by atoms with E-state index in [2.05, 4.69) is 0 Å². The molecular weight excluding hydrogens is 366 g/mol. The fourth-order valence-corrected chi connectivity index (χ4v) is 5.53. The summed E-state index contributed by atoms with van der Waals surface area (Å²) in [6, 6.07) is 6.14. The molecule has 7 heteroatoms. The van der Waals surface area contributed by atoms with E-state index in [9.17, 15) is 13.2 Å². The average molecular weight is 396 g/mol. The van der Waals surface area contributed by atoms with Gasteiger partial charge in [0.1, 0.15) is 0 Å². The third-order valence-corrected chi connectivity index (χ3v) is 7.10. The number of carbonyl (C=O) groups excluding carboxylic acids is 1. The minimum Gasteiger partial charge on any atom is -0.462 e. The lowest BCUT2D eigenvalue weighted by Crippen LogP contribution is -2.48. The largest absolute Gasteiger partial charge is 0.462 e. The zero-order valence-electron chi connectivity index (χ0n) is 16.1. The Labute approximate surface area is 161 Å². The predicted molar refractivity (Wildman–Crippen MR) is 102 cm³/mol. The topological polar surface area (TPSA) is 72.9 Å². The molecule has 1 aromatic rings. The first-order valence-electron chi connectivity index (χ1n) is 9.79. The van der Waals surface area contributed by atoms with Crippen molar-refractivity contribution in [2.24, 2.45) is 5.92 Å². The summed E-state index contributed by atoms with van der Waals surface area (Å²) in [4.78, 5) is 12.5. The SMILES string of the molecule is C[C@@H]1CN(S(=O)(=O)c2cccc(C(=O)OCC3CCCCC3)c2)C[C@H](C)O1. The number of hydrogen-bond acceptors (Lipinski definition) is 5. The molecule has 6 nitrogen and oxygen atoms in total. The number of carbonyl (C=O) groups is 1. The summed E-state index contributed by atoms with van der Waals surface area (Å²) in [5.74, 6) is -0.0349. The number of hydrogen-bond donors (Lipinski definition) is 0. The van der Waals surface area contributed by atoms with Crippen molar-refractivity contribution in [2.45, 2.75) is 63.1 Å². The van der Waals surface area contributed by atoms with Gasteiger partial charge < -0.3 is 9.47 Å². The predicted octanol–water partition coefficient (Wildman–Crippen LogP) is 3.22. The molecular formula is C20H29NO5S. The van der Waals surface area contributed by atoms with Crippen LogP contribution in [0.25, 0.3) is 0 Å². The zero-order valence-corrected chi connectivity index (χ0v) is 16.9. The number of nitrogens with zero attached hydrogens (tertiary/aromatic N) is 1. The molecule has 0 radical (unpaired) electrons. The highest BCUT2D eigenvalue weighted by Crippen LogP contribution is 2.25. The molecule has 3 rings (SSSR count). The number of ether oxygens (including phenoxy) is 2. The van der Waals surface area contributed by atoms with Crippen LogP contribution in [0.15, 0.2) is 29.2 Å². The van der Waals surface area contributed by atoms with E-state index in [1.54, 1.807) is 12.1 Å². The summed E-state index contributed by atoms with van der Waals surface area (Å²) >= 11 is 0. The first kappa shape index (κ1) is 20.3. The van der Waals surface area contributed by atoms with Crippen molar-refractivity contribution in [1.29, 1.82) is 0 Å². The number of benzene rings is 1. The third-order valence-electron chi connectivity index (χ3n) is 5.27. The van der Waals surface area contributed by atoms with Gasteiger partial charge in [0.25, 0.3) is 0 Å². The Morgan fingerprint density at radius 2 is 1.81 bits per heavy atom. The molecule has 0 aromatic heterocycles. The van der Waals surface area contributed by atoms with Gasteiger partial charge in [-0.05, 0) is 50.8 Å². The van der Waals surface area contributed by atoms with E-state index in [0.29, 0.717) is 25.6 Å². The molecule has 2 fully saturated rings. The quantitative estimate of drug-likeness (QED) is 0.716. The van der Waals surface area contributed by atoms with E-state index in [4.69, 9.17) is 9.47 Å². The lowest BCUT2D eigenvalue weighted by atomic mass is 9.90. The molecule has 150 valence electrons. The Morgan fingerprint density at radius 1 is 1.15 bits per heavy atom. The van der Waals surface area contributed by atoms with Crippen LogP contribution in [-0.4, -0.2) is 50.6 Å². The van der Waals surface area contributed by atoms with Gasteiger partial charge in [-0.2, -0.15) is 4.31 Å². The Bertz CT molecular complexity index is 747. The highest BCUT2D eigenvalue weighted by Gasteiger charge is 2.32. The van der Waals surface area contributed by atoms with E-state index in [-0.39, 0.29) is 22.7 Å². The van der Waals surface area contributed by atoms with Crippen LogP contribution in [0, 0.1) is 5.92 Å². The van der Waals surface area contributed by atoms with Gasteiger partial charge in [-0.3, -0.25) is 0 Å². The standard InChI is InChI=1S/C20H29NO5S/c1-15-12-21(13-16(2)26-15)27(23,24)19-10-6-9-18(11-19)20(22)25-14-17-7-4-3-5-8-17/h6,9-11,15-17H,3-5,7-8,12-14H2,1-2H3/t15-,16+. The van der Waals surface area contributed by atoms with Crippen molar-refractivity contribution in [2.75, 3.05) is 19.7 Å². The molecule has 0 unspecified atom stereocenters. The second-order valence-electron chi connectivity index (χ2n) is 7.71. The highest BCUT2D eigenvalue weighted by molar-refractivity contribution is 7.89. The molecule has 0 bridgehead atoms. The monoisotopic (exact) mass is 395 g/mol. The van der Waals surface area contributed by atoms with Crippen molar-refractivity contribution in [3.05, 3.63) is 29.8 Å². The Morgan fingerprint density at radius 3 is 2.48 bits per heavy atom. The van der Waals surface area contributed by atoms with E-state index in [0.717, 1.165) is 12.8 Å². The first-order chi connectivity index (χ1) is 12.9. The number of sulfonamides is 1. The molecule has 27 heavy (non-hydrogen) atoms. The number of rotatable bonds is 5. The fraction of sp³-hybridized carbons (Fsp3) is 0.650. The van der Waals surface area contributed by atoms with Crippen LogP contribution in [0.1, 0.15) is 56.3 Å². The van der Waals surface area contributed by atoms with Crippen molar-refractivity contribution in [3.8, 4) is 0 Å². The lowest BCUT2D eigenvalue weighted by Gasteiger charge is -2.34. The van der Waals surface area contributed by atoms with Gasteiger partial charge in [0.2, 0.25) is 10.0 Å². The zero-order chi connectivity index (χ0) is 19.4. The van der Waals surface area contributed by atoms with Gasteiger partial charge in [0.05, 0.1) is 29.3 Å². The maximum Gasteiger partial charge on any atom is 0.338 e. The molecule has 1 heterocycles. The van der Waals surface area contributed by atoms with Gasteiger partial charge in [0, 0.05) is 13.1 Å². The summed E-state index contributed by atoms with van der Waals surface area (Å²) in [6.07, 6.45) is 5.49. The smallest absolute Gasteiger partial charge is 0.338 e. The van der Waals surface area contributed by atoms with Crippen molar-refractivity contribution < 1.29 is 22.7 Å². The molecule has 2 atom stereocenters. The molecule has 1 saturated carbocycles. The van der Waals surface area contributed by atoms with Crippen LogP contribution in [0.2, 0.25) is 0 Å². The summed E-state index contributed by atoms with van der Waals surface area (Å²) in [5, 5.41) is 0. The summed E-state index contributed by atoms with van der Waals surface area (Å²) in [6.45, 7) is 4.74. The minimum absolute atomic E-state index is 0.121. The number of morpholine rings is 1. The maximum atomic E-state index is 13.0.